The van der Waals surface area contributed by atoms with Crippen molar-refractivity contribution in [3.63, 3.8) is 0 Å². The molecule has 0 amide bonds. The first-order valence-electron chi connectivity index (χ1n) is 4.69. The second-order valence-electron chi connectivity index (χ2n) is 3.96. The second kappa shape index (κ2) is 4.81. The van der Waals surface area contributed by atoms with Crippen LogP contribution in [0.25, 0.3) is 0 Å². The summed E-state index contributed by atoms with van der Waals surface area (Å²) in [5, 5.41) is 9.46. The molecule has 0 unspecified atom stereocenters. The molecule has 0 saturated carbocycles. The van der Waals surface area contributed by atoms with Gasteiger partial charge in [-0.25, -0.2) is 4.39 Å². The van der Waals surface area contributed by atoms with Gasteiger partial charge in [-0.3, -0.25) is 0 Å². The van der Waals surface area contributed by atoms with E-state index in [9.17, 15) is 9.50 Å². The zero-order valence-electron chi connectivity index (χ0n) is 8.76. The third-order valence-corrected chi connectivity index (χ3v) is 2.18. The molecular formula is C11H14ClFO2. The summed E-state index contributed by atoms with van der Waals surface area (Å²) in [6.07, 6.45) is 0.430. The third kappa shape index (κ3) is 4.06. The van der Waals surface area contributed by atoms with Crippen LogP contribution in [-0.2, 0) is 0 Å². The predicted molar refractivity (Wildman–Crippen MR) is 57.8 cm³/mol. The van der Waals surface area contributed by atoms with E-state index < -0.39 is 11.4 Å². The maximum Gasteiger partial charge on any atom is 0.183 e. The second-order valence-corrected chi connectivity index (χ2v) is 4.37. The van der Waals surface area contributed by atoms with Crippen LogP contribution in [0.5, 0.6) is 5.75 Å². The Labute approximate surface area is 93.6 Å². The van der Waals surface area contributed by atoms with E-state index >= 15 is 0 Å². The Morgan fingerprint density at radius 2 is 2.13 bits per heavy atom. The maximum atomic E-state index is 13.3. The van der Waals surface area contributed by atoms with Crippen LogP contribution in [-0.4, -0.2) is 17.3 Å². The number of benzene rings is 1. The Bertz CT molecular complexity index is 334. The summed E-state index contributed by atoms with van der Waals surface area (Å²) < 4.78 is 18.5. The van der Waals surface area contributed by atoms with Gasteiger partial charge in [-0.05, 0) is 26.0 Å². The van der Waals surface area contributed by atoms with Gasteiger partial charge in [0, 0.05) is 6.42 Å². The molecule has 2 nitrogen and oxygen atoms in total. The Morgan fingerprint density at radius 3 is 2.73 bits per heavy atom. The van der Waals surface area contributed by atoms with Gasteiger partial charge in [-0.2, -0.15) is 0 Å². The highest BCUT2D eigenvalue weighted by Crippen LogP contribution is 2.24. The lowest BCUT2D eigenvalue weighted by molar-refractivity contribution is 0.0547. The number of ether oxygens (including phenoxy) is 1. The normalized spacial score (nSPS) is 11.5. The van der Waals surface area contributed by atoms with Gasteiger partial charge in [0.1, 0.15) is 0 Å². The van der Waals surface area contributed by atoms with Crippen LogP contribution in [0.15, 0.2) is 18.2 Å². The molecular weight excluding hydrogens is 219 g/mol. The van der Waals surface area contributed by atoms with Gasteiger partial charge in [0.25, 0.3) is 0 Å². The van der Waals surface area contributed by atoms with Gasteiger partial charge >= 0.3 is 0 Å². The summed E-state index contributed by atoms with van der Waals surface area (Å²) in [5.74, 6) is -0.443. The van der Waals surface area contributed by atoms with E-state index in [1.807, 2.05) is 0 Å². The monoisotopic (exact) mass is 232 g/mol. The predicted octanol–water partition coefficient (Wildman–Crippen LogP) is 3.02. The molecule has 1 aromatic carbocycles. The molecule has 0 aliphatic rings. The van der Waals surface area contributed by atoms with Crippen LogP contribution in [0.3, 0.4) is 0 Å². The Hall–Kier alpha value is -0.800. The van der Waals surface area contributed by atoms with Crippen molar-refractivity contribution in [3.05, 3.63) is 29.0 Å². The fourth-order valence-electron chi connectivity index (χ4n) is 1.01. The lowest BCUT2D eigenvalue weighted by Gasteiger charge is -2.17. The van der Waals surface area contributed by atoms with Gasteiger partial charge in [-0.15, -0.1) is 0 Å². The highest BCUT2D eigenvalue weighted by molar-refractivity contribution is 6.30. The average Bonchev–Trinajstić information content (AvgIpc) is 2.10. The summed E-state index contributed by atoms with van der Waals surface area (Å²) >= 11 is 5.58. The molecule has 0 bridgehead atoms. The molecule has 1 aromatic rings. The molecule has 0 aromatic heterocycles. The number of halogens is 2. The van der Waals surface area contributed by atoms with Gasteiger partial charge in [0.2, 0.25) is 0 Å². The SMILES string of the molecule is CC(C)(O)CCOc1cccc(Cl)c1F. The van der Waals surface area contributed by atoms with E-state index in [1.165, 1.54) is 12.1 Å². The van der Waals surface area contributed by atoms with Crippen LogP contribution in [0.1, 0.15) is 20.3 Å². The van der Waals surface area contributed by atoms with Crippen LogP contribution in [0, 0.1) is 5.82 Å². The van der Waals surface area contributed by atoms with Crippen molar-refractivity contribution in [2.45, 2.75) is 25.9 Å². The minimum atomic E-state index is -0.810. The van der Waals surface area contributed by atoms with Crippen LogP contribution >= 0.6 is 11.6 Å². The standard InChI is InChI=1S/C11H14ClFO2/c1-11(2,14)6-7-15-9-5-3-4-8(12)10(9)13/h3-5,14H,6-7H2,1-2H3. The molecule has 1 rings (SSSR count). The van der Waals surface area contributed by atoms with E-state index in [-0.39, 0.29) is 17.4 Å². The number of hydrogen-bond donors (Lipinski definition) is 1. The topological polar surface area (TPSA) is 29.5 Å². The quantitative estimate of drug-likeness (QED) is 0.865. The molecule has 0 heterocycles. The van der Waals surface area contributed by atoms with E-state index in [4.69, 9.17) is 16.3 Å². The molecule has 84 valence electrons. The molecule has 0 atom stereocenters. The Kier molecular flexibility index (Phi) is 3.94. The van der Waals surface area contributed by atoms with Crippen molar-refractivity contribution in [1.82, 2.24) is 0 Å². The lowest BCUT2D eigenvalue weighted by Crippen LogP contribution is -2.21. The van der Waals surface area contributed by atoms with Crippen LogP contribution in [0.4, 0.5) is 4.39 Å². The minimum absolute atomic E-state index is 0.0377. The van der Waals surface area contributed by atoms with Crippen molar-refractivity contribution in [2.75, 3.05) is 6.61 Å². The molecule has 0 saturated heterocycles. The minimum Gasteiger partial charge on any atom is -0.490 e. The van der Waals surface area contributed by atoms with E-state index in [0.717, 1.165) is 0 Å². The molecule has 15 heavy (non-hydrogen) atoms. The molecule has 0 spiro atoms. The summed E-state index contributed by atoms with van der Waals surface area (Å²) in [5.41, 5.74) is -0.810. The first kappa shape index (κ1) is 12.3. The summed E-state index contributed by atoms with van der Waals surface area (Å²) in [6, 6.07) is 4.58. The van der Waals surface area contributed by atoms with Crippen molar-refractivity contribution in [2.24, 2.45) is 0 Å². The van der Waals surface area contributed by atoms with Crippen molar-refractivity contribution in [3.8, 4) is 5.75 Å². The molecule has 0 aliphatic carbocycles. The number of hydrogen-bond acceptors (Lipinski definition) is 2. The number of aliphatic hydroxyl groups is 1. The van der Waals surface area contributed by atoms with Crippen LogP contribution < -0.4 is 4.74 Å². The zero-order chi connectivity index (χ0) is 11.5. The van der Waals surface area contributed by atoms with E-state index in [2.05, 4.69) is 0 Å². The van der Waals surface area contributed by atoms with Gasteiger partial charge in [0.05, 0.1) is 17.2 Å². The lowest BCUT2D eigenvalue weighted by atomic mass is 10.1. The molecule has 0 radical (unpaired) electrons. The summed E-state index contributed by atoms with van der Waals surface area (Å²) in [6.45, 7) is 3.59. The highest BCUT2D eigenvalue weighted by Gasteiger charge is 2.13. The maximum absolute atomic E-state index is 13.3. The fraction of sp³-hybridized carbons (Fsp3) is 0.455. The van der Waals surface area contributed by atoms with E-state index in [1.54, 1.807) is 19.9 Å². The average molecular weight is 233 g/mol. The third-order valence-electron chi connectivity index (χ3n) is 1.89. The van der Waals surface area contributed by atoms with Gasteiger partial charge < -0.3 is 9.84 Å². The Morgan fingerprint density at radius 1 is 1.47 bits per heavy atom. The highest BCUT2D eigenvalue weighted by atomic mass is 35.5. The largest absolute Gasteiger partial charge is 0.490 e. The summed E-state index contributed by atoms with van der Waals surface area (Å²) in [4.78, 5) is 0. The molecule has 0 fully saturated rings. The van der Waals surface area contributed by atoms with Crippen molar-refractivity contribution in [1.29, 1.82) is 0 Å². The smallest absolute Gasteiger partial charge is 0.183 e. The van der Waals surface area contributed by atoms with E-state index in [0.29, 0.717) is 6.42 Å². The molecule has 1 N–H and O–H groups in total. The van der Waals surface area contributed by atoms with Gasteiger partial charge in [-0.1, -0.05) is 17.7 Å². The molecule has 0 aliphatic heterocycles. The zero-order valence-corrected chi connectivity index (χ0v) is 9.51. The number of rotatable bonds is 4. The first-order valence-corrected chi connectivity index (χ1v) is 5.07. The first-order chi connectivity index (χ1) is 6.90. The van der Waals surface area contributed by atoms with Crippen molar-refractivity contribution >= 4 is 11.6 Å². The Balaban J connectivity index is 2.55. The van der Waals surface area contributed by atoms with Gasteiger partial charge in [0.15, 0.2) is 11.6 Å². The van der Waals surface area contributed by atoms with Crippen molar-refractivity contribution < 1.29 is 14.2 Å². The molecule has 4 heteroatoms. The summed E-state index contributed by atoms with van der Waals surface area (Å²) in [7, 11) is 0. The van der Waals surface area contributed by atoms with Crippen LogP contribution in [0.2, 0.25) is 5.02 Å². The fourth-order valence-corrected chi connectivity index (χ4v) is 1.17.